The molecule has 3 N–H and O–H groups in total. The van der Waals surface area contributed by atoms with Crippen molar-refractivity contribution in [3.05, 3.63) is 65.7 Å². The monoisotopic (exact) mass is 301 g/mol. The number of aliphatic carboxylic acids is 1. The standard InChI is InChI=1S/C16H17NO3.C2H6/c17-15(16(18)19)10-12-6-8-14(9-7-12)20-11-13-4-2-1-3-5-13;1-2/h1-9,15H,10-11,17H2,(H,18,19);1-2H3. The number of nitrogens with two attached hydrogens (primary N) is 1. The third-order valence-electron chi connectivity index (χ3n) is 2.94. The first-order chi connectivity index (χ1) is 10.6. The fraction of sp³-hybridized carbons (Fsp3) is 0.278. The minimum atomic E-state index is -0.991. The van der Waals surface area contributed by atoms with E-state index in [1.165, 1.54) is 0 Å². The molecule has 0 bridgehead atoms. The topological polar surface area (TPSA) is 72.5 Å². The number of benzene rings is 2. The van der Waals surface area contributed by atoms with Gasteiger partial charge in [-0.05, 0) is 29.7 Å². The molecule has 0 saturated carbocycles. The van der Waals surface area contributed by atoms with Gasteiger partial charge in [-0.1, -0.05) is 56.3 Å². The van der Waals surface area contributed by atoms with Crippen LogP contribution in [0.5, 0.6) is 5.75 Å². The predicted molar refractivity (Wildman–Crippen MR) is 87.9 cm³/mol. The third kappa shape index (κ3) is 5.97. The van der Waals surface area contributed by atoms with Crippen molar-refractivity contribution in [1.29, 1.82) is 0 Å². The van der Waals surface area contributed by atoms with Crippen molar-refractivity contribution in [2.45, 2.75) is 32.9 Å². The Morgan fingerprint density at radius 1 is 1.05 bits per heavy atom. The first-order valence-corrected chi connectivity index (χ1v) is 7.39. The zero-order chi connectivity index (χ0) is 16.4. The summed E-state index contributed by atoms with van der Waals surface area (Å²) in [5.41, 5.74) is 7.47. The fourth-order valence-electron chi connectivity index (χ4n) is 1.80. The average Bonchev–Trinajstić information content (AvgIpc) is 2.57. The van der Waals surface area contributed by atoms with Crippen LogP contribution in [0.15, 0.2) is 54.6 Å². The van der Waals surface area contributed by atoms with Gasteiger partial charge in [0, 0.05) is 0 Å². The Hall–Kier alpha value is -2.33. The molecule has 0 spiro atoms. The van der Waals surface area contributed by atoms with E-state index in [1.54, 1.807) is 0 Å². The van der Waals surface area contributed by atoms with Gasteiger partial charge in [0.2, 0.25) is 0 Å². The number of carbonyl (C=O) groups is 1. The number of ether oxygens (including phenoxy) is 1. The molecule has 0 fully saturated rings. The smallest absolute Gasteiger partial charge is 0.320 e. The first-order valence-electron chi connectivity index (χ1n) is 7.39. The molecule has 0 radical (unpaired) electrons. The summed E-state index contributed by atoms with van der Waals surface area (Å²) in [6, 6.07) is 16.4. The molecule has 2 aromatic rings. The quantitative estimate of drug-likeness (QED) is 0.859. The molecule has 1 unspecified atom stereocenters. The van der Waals surface area contributed by atoms with Crippen molar-refractivity contribution in [3.8, 4) is 5.75 Å². The molecule has 0 aliphatic heterocycles. The molecular weight excluding hydrogens is 278 g/mol. The van der Waals surface area contributed by atoms with Crippen LogP contribution in [-0.4, -0.2) is 17.1 Å². The maximum absolute atomic E-state index is 10.7. The van der Waals surface area contributed by atoms with Crippen molar-refractivity contribution >= 4 is 5.97 Å². The minimum absolute atomic E-state index is 0.314. The Morgan fingerprint density at radius 3 is 2.18 bits per heavy atom. The van der Waals surface area contributed by atoms with Crippen molar-refractivity contribution in [3.63, 3.8) is 0 Å². The van der Waals surface area contributed by atoms with Crippen LogP contribution >= 0.6 is 0 Å². The Kier molecular flexibility index (Phi) is 7.72. The molecule has 0 heterocycles. The van der Waals surface area contributed by atoms with E-state index < -0.39 is 12.0 Å². The van der Waals surface area contributed by atoms with E-state index >= 15 is 0 Å². The number of carboxylic acid groups (broad SMARTS) is 1. The normalized spacial score (nSPS) is 11.0. The summed E-state index contributed by atoms with van der Waals surface area (Å²) < 4.78 is 5.65. The maximum Gasteiger partial charge on any atom is 0.320 e. The summed E-state index contributed by atoms with van der Waals surface area (Å²) >= 11 is 0. The van der Waals surface area contributed by atoms with E-state index in [4.69, 9.17) is 15.6 Å². The molecule has 4 nitrogen and oxygen atoms in total. The van der Waals surface area contributed by atoms with Gasteiger partial charge in [-0.15, -0.1) is 0 Å². The second kappa shape index (κ2) is 9.58. The van der Waals surface area contributed by atoms with Gasteiger partial charge in [0.05, 0.1) is 0 Å². The molecule has 0 aliphatic rings. The lowest BCUT2D eigenvalue weighted by Crippen LogP contribution is -2.32. The highest BCUT2D eigenvalue weighted by atomic mass is 16.5. The van der Waals surface area contributed by atoms with E-state index in [2.05, 4.69) is 0 Å². The van der Waals surface area contributed by atoms with Gasteiger partial charge in [0.15, 0.2) is 0 Å². The van der Waals surface area contributed by atoms with Crippen LogP contribution in [0.1, 0.15) is 25.0 Å². The second-order valence-corrected chi connectivity index (χ2v) is 4.57. The molecule has 118 valence electrons. The first kappa shape index (κ1) is 17.7. The molecule has 2 aromatic carbocycles. The summed E-state index contributed by atoms with van der Waals surface area (Å²) in [6.45, 7) is 4.51. The number of carboxylic acids is 1. The zero-order valence-corrected chi connectivity index (χ0v) is 13.0. The van der Waals surface area contributed by atoms with Gasteiger partial charge in [-0.3, -0.25) is 4.79 Å². The molecule has 0 aromatic heterocycles. The van der Waals surface area contributed by atoms with E-state index in [-0.39, 0.29) is 0 Å². The summed E-state index contributed by atoms with van der Waals surface area (Å²) in [5.74, 6) is -0.240. The molecule has 2 rings (SSSR count). The van der Waals surface area contributed by atoms with Gasteiger partial charge in [0.1, 0.15) is 18.4 Å². The largest absolute Gasteiger partial charge is 0.489 e. The van der Waals surface area contributed by atoms with Crippen LogP contribution in [-0.2, 0) is 17.8 Å². The molecule has 1 atom stereocenters. The number of hydrogen-bond donors (Lipinski definition) is 2. The fourth-order valence-corrected chi connectivity index (χ4v) is 1.80. The Labute approximate surface area is 131 Å². The summed E-state index contributed by atoms with van der Waals surface area (Å²) in [7, 11) is 0. The molecule has 4 heteroatoms. The van der Waals surface area contributed by atoms with E-state index in [1.807, 2.05) is 68.4 Å². The van der Waals surface area contributed by atoms with Crippen LogP contribution in [0, 0.1) is 0 Å². The summed E-state index contributed by atoms with van der Waals surface area (Å²) in [4.78, 5) is 10.7. The summed E-state index contributed by atoms with van der Waals surface area (Å²) in [5, 5.41) is 8.76. The highest BCUT2D eigenvalue weighted by Gasteiger charge is 2.11. The third-order valence-corrected chi connectivity index (χ3v) is 2.94. The number of hydrogen-bond acceptors (Lipinski definition) is 3. The van der Waals surface area contributed by atoms with Crippen molar-refractivity contribution in [1.82, 2.24) is 0 Å². The van der Waals surface area contributed by atoms with Crippen molar-refractivity contribution in [2.75, 3.05) is 0 Å². The highest BCUT2D eigenvalue weighted by Crippen LogP contribution is 2.15. The van der Waals surface area contributed by atoms with E-state index in [0.717, 1.165) is 16.9 Å². The van der Waals surface area contributed by atoms with Gasteiger partial charge < -0.3 is 15.6 Å². The minimum Gasteiger partial charge on any atom is -0.489 e. The Bertz CT molecular complexity index is 552. The van der Waals surface area contributed by atoms with Crippen LogP contribution < -0.4 is 10.5 Å². The predicted octanol–water partition coefficient (Wildman–Crippen LogP) is 3.25. The Morgan fingerprint density at radius 2 is 1.64 bits per heavy atom. The van der Waals surface area contributed by atoms with Gasteiger partial charge in [-0.25, -0.2) is 0 Å². The van der Waals surface area contributed by atoms with Gasteiger partial charge >= 0.3 is 5.97 Å². The lowest BCUT2D eigenvalue weighted by atomic mass is 10.1. The lowest BCUT2D eigenvalue weighted by molar-refractivity contribution is -0.138. The van der Waals surface area contributed by atoms with Crippen LogP contribution in [0.25, 0.3) is 0 Å². The van der Waals surface area contributed by atoms with Crippen molar-refractivity contribution in [2.24, 2.45) is 5.73 Å². The number of rotatable bonds is 6. The highest BCUT2D eigenvalue weighted by molar-refractivity contribution is 5.73. The Balaban J connectivity index is 0.00000116. The van der Waals surface area contributed by atoms with Crippen LogP contribution in [0.3, 0.4) is 0 Å². The summed E-state index contributed by atoms with van der Waals surface area (Å²) in [6.07, 6.45) is 0.314. The SMILES string of the molecule is CC.NC(Cc1ccc(OCc2ccccc2)cc1)C(=O)O. The van der Waals surface area contributed by atoms with Crippen LogP contribution in [0.4, 0.5) is 0 Å². The molecule has 0 saturated heterocycles. The maximum atomic E-state index is 10.7. The van der Waals surface area contributed by atoms with E-state index in [0.29, 0.717) is 13.0 Å². The molecule has 0 amide bonds. The van der Waals surface area contributed by atoms with E-state index in [9.17, 15) is 4.79 Å². The molecule has 22 heavy (non-hydrogen) atoms. The van der Waals surface area contributed by atoms with Crippen LogP contribution in [0.2, 0.25) is 0 Å². The average molecular weight is 301 g/mol. The molecular formula is C18H23NO3. The van der Waals surface area contributed by atoms with Crippen molar-refractivity contribution < 1.29 is 14.6 Å². The molecule has 0 aliphatic carbocycles. The van der Waals surface area contributed by atoms with Gasteiger partial charge in [0.25, 0.3) is 0 Å². The lowest BCUT2D eigenvalue weighted by Gasteiger charge is -2.09. The van der Waals surface area contributed by atoms with Gasteiger partial charge in [-0.2, -0.15) is 0 Å². The second-order valence-electron chi connectivity index (χ2n) is 4.57. The zero-order valence-electron chi connectivity index (χ0n) is 13.0.